The van der Waals surface area contributed by atoms with Crippen LogP contribution in [0.1, 0.15) is 25.0 Å². The highest BCUT2D eigenvalue weighted by Gasteiger charge is 2.26. The smallest absolute Gasteiger partial charge is 0.240 e. The lowest BCUT2D eigenvalue weighted by Crippen LogP contribution is -2.46. The number of hydrogen-bond donors (Lipinski definition) is 1. The van der Waals surface area contributed by atoms with Crippen LogP contribution in [0.25, 0.3) is 0 Å². The van der Waals surface area contributed by atoms with Crippen molar-refractivity contribution in [1.82, 2.24) is 9.62 Å². The molecule has 1 aromatic carbocycles. The highest BCUT2D eigenvalue weighted by Crippen LogP contribution is 2.16. The summed E-state index contributed by atoms with van der Waals surface area (Å²) in [6.07, 6.45) is 3.85. The lowest BCUT2D eigenvalue weighted by molar-refractivity contribution is -0.132. The summed E-state index contributed by atoms with van der Waals surface area (Å²) >= 11 is 0. The van der Waals surface area contributed by atoms with Gasteiger partial charge < -0.3 is 9.32 Å². The van der Waals surface area contributed by atoms with Crippen molar-refractivity contribution < 1.29 is 17.6 Å². The number of furan rings is 1. The molecule has 3 rings (SSSR count). The van der Waals surface area contributed by atoms with Crippen LogP contribution in [0.4, 0.5) is 0 Å². The second-order valence-electron chi connectivity index (χ2n) is 6.17. The van der Waals surface area contributed by atoms with E-state index in [2.05, 4.69) is 4.72 Å². The van der Waals surface area contributed by atoms with E-state index in [4.69, 9.17) is 4.42 Å². The predicted molar refractivity (Wildman–Crippen MR) is 93.4 cm³/mol. The molecule has 1 N–H and O–H groups in total. The maximum atomic E-state index is 12.3. The first-order chi connectivity index (χ1) is 12.0. The van der Waals surface area contributed by atoms with Gasteiger partial charge in [0.15, 0.2) is 0 Å². The number of carbonyl (C=O) groups is 1. The summed E-state index contributed by atoms with van der Waals surface area (Å²) < 4.78 is 32.7. The minimum Gasteiger partial charge on any atom is -0.469 e. The highest BCUT2D eigenvalue weighted by molar-refractivity contribution is 7.89. The summed E-state index contributed by atoms with van der Waals surface area (Å²) in [5, 5.41) is 0. The van der Waals surface area contributed by atoms with E-state index in [0.717, 1.165) is 5.76 Å². The third kappa shape index (κ3) is 4.70. The van der Waals surface area contributed by atoms with Gasteiger partial charge in [-0.25, -0.2) is 13.1 Å². The Hall–Kier alpha value is -2.12. The molecule has 25 heavy (non-hydrogen) atoms. The van der Waals surface area contributed by atoms with Crippen molar-refractivity contribution in [1.29, 1.82) is 0 Å². The normalized spacial score (nSPS) is 16.1. The first-order valence-corrected chi connectivity index (χ1v) is 9.90. The molecule has 1 aliphatic heterocycles. The Labute approximate surface area is 147 Å². The standard InChI is InChI=1S/C18H22N2O4S/c21-18(9-8-16-5-4-14-24-16)20-12-10-15(11-13-20)19-25(22,23)17-6-2-1-3-7-17/h1-7,14-15,19H,8-13H2. The number of sulfonamides is 1. The molecule has 134 valence electrons. The number of hydrogen-bond acceptors (Lipinski definition) is 4. The third-order valence-electron chi connectivity index (χ3n) is 4.39. The molecule has 1 aliphatic rings. The zero-order chi connectivity index (χ0) is 17.7. The molecule has 2 heterocycles. The number of benzene rings is 1. The first-order valence-electron chi connectivity index (χ1n) is 8.42. The minimum absolute atomic E-state index is 0.0840. The molecule has 2 aromatic rings. The van der Waals surface area contributed by atoms with Crippen molar-refractivity contribution in [2.24, 2.45) is 0 Å². The molecule has 0 atom stereocenters. The van der Waals surface area contributed by atoms with E-state index in [1.165, 1.54) is 0 Å². The van der Waals surface area contributed by atoms with Crippen molar-refractivity contribution in [3.8, 4) is 0 Å². The van der Waals surface area contributed by atoms with Gasteiger partial charge in [-0.15, -0.1) is 0 Å². The van der Waals surface area contributed by atoms with Crippen molar-refractivity contribution in [3.63, 3.8) is 0 Å². The van der Waals surface area contributed by atoms with E-state index < -0.39 is 10.0 Å². The van der Waals surface area contributed by atoms with Crippen LogP contribution in [0.2, 0.25) is 0 Å². The monoisotopic (exact) mass is 362 g/mol. The molecule has 7 heteroatoms. The van der Waals surface area contributed by atoms with E-state index in [1.807, 2.05) is 12.1 Å². The van der Waals surface area contributed by atoms with Gasteiger partial charge in [-0.3, -0.25) is 4.79 Å². The van der Waals surface area contributed by atoms with Gasteiger partial charge >= 0.3 is 0 Å². The number of carbonyl (C=O) groups excluding carboxylic acids is 1. The van der Waals surface area contributed by atoms with Gasteiger partial charge in [-0.05, 0) is 37.1 Å². The van der Waals surface area contributed by atoms with Crippen LogP contribution in [0.15, 0.2) is 58.0 Å². The molecule has 1 amide bonds. The second kappa shape index (κ2) is 7.84. The van der Waals surface area contributed by atoms with E-state index in [0.29, 0.717) is 38.8 Å². The molecular weight excluding hydrogens is 340 g/mol. The summed E-state index contributed by atoms with van der Waals surface area (Å²) in [6, 6.07) is 11.9. The zero-order valence-corrected chi connectivity index (χ0v) is 14.7. The Morgan fingerprint density at radius 3 is 2.48 bits per heavy atom. The quantitative estimate of drug-likeness (QED) is 0.854. The van der Waals surface area contributed by atoms with Crippen molar-refractivity contribution >= 4 is 15.9 Å². The SMILES string of the molecule is O=C(CCc1ccco1)N1CCC(NS(=O)(=O)c2ccccc2)CC1. The van der Waals surface area contributed by atoms with Gasteiger partial charge in [0.1, 0.15) is 5.76 Å². The van der Waals surface area contributed by atoms with Crippen LogP contribution in [0.3, 0.4) is 0 Å². The average Bonchev–Trinajstić information content (AvgIpc) is 3.14. The molecule has 0 aliphatic carbocycles. The average molecular weight is 362 g/mol. The van der Waals surface area contributed by atoms with Crippen LogP contribution >= 0.6 is 0 Å². The third-order valence-corrected chi connectivity index (χ3v) is 5.92. The molecule has 6 nitrogen and oxygen atoms in total. The molecular formula is C18H22N2O4S. The van der Waals surface area contributed by atoms with Crippen LogP contribution in [-0.4, -0.2) is 38.4 Å². The summed E-state index contributed by atoms with van der Waals surface area (Å²) in [7, 11) is -3.50. The van der Waals surface area contributed by atoms with Crippen LogP contribution in [-0.2, 0) is 21.2 Å². The topological polar surface area (TPSA) is 79.6 Å². The summed E-state index contributed by atoms with van der Waals surface area (Å²) in [5.74, 6) is 0.889. The maximum absolute atomic E-state index is 12.3. The molecule has 0 radical (unpaired) electrons. The molecule has 0 unspecified atom stereocenters. The fourth-order valence-electron chi connectivity index (χ4n) is 2.98. The maximum Gasteiger partial charge on any atom is 0.240 e. The van der Waals surface area contributed by atoms with E-state index in [9.17, 15) is 13.2 Å². The fraction of sp³-hybridized carbons (Fsp3) is 0.389. The summed E-state index contributed by atoms with van der Waals surface area (Å²) in [5.41, 5.74) is 0. The first kappa shape index (κ1) is 17.7. The Morgan fingerprint density at radius 1 is 1.12 bits per heavy atom. The molecule has 1 saturated heterocycles. The largest absolute Gasteiger partial charge is 0.469 e. The number of piperidine rings is 1. The van der Waals surface area contributed by atoms with Gasteiger partial charge in [0.05, 0.1) is 11.2 Å². The van der Waals surface area contributed by atoms with Crippen molar-refractivity contribution in [3.05, 3.63) is 54.5 Å². The van der Waals surface area contributed by atoms with Crippen molar-refractivity contribution in [2.45, 2.75) is 36.6 Å². The fourth-order valence-corrected chi connectivity index (χ4v) is 4.30. The Balaban J connectivity index is 1.47. The minimum atomic E-state index is -3.50. The Kier molecular flexibility index (Phi) is 5.55. The number of nitrogens with one attached hydrogen (secondary N) is 1. The molecule has 1 fully saturated rings. The Bertz CT molecular complexity index is 780. The highest BCUT2D eigenvalue weighted by atomic mass is 32.2. The van der Waals surface area contributed by atoms with Gasteiger partial charge in [0, 0.05) is 32.0 Å². The number of rotatable bonds is 6. The lowest BCUT2D eigenvalue weighted by Gasteiger charge is -2.32. The van der Waals surface area contributed by atoms with Gasteiger partial charge in [-0.1, -0.05) is 18.2 Å². The van der Waals surface area contributed by atoms with Crippen LogP contribution in [0.5, 0.6) is 0 Å². The summed E-state index contributed by atoms with van der Waals surface area (Å²) in [4.78, 5) is 14.3. The van der Waals surface area contributed by atoms with Crippen molar-refractivity contribution in [2.75, 3.05) is 13.1 Å². The van der Waals surface area contributed by atoms with Gasteiger partial charge in [0.2, 0.25) is 15.9 Å². The number of amides is 1. The van der Waals surface area contributed by atoms with E-state index >= 15 is 0 Å². The zero-order valence-electron chi connectivity index (χ0n) is 13.9. The number of nitrogens with zero attached hydrogens (tertiary/aromatic N) is 1. The van der Waals surface area contributed by atoms with E-state index in [-0.39, 0.29) is 16.8 Å². The van der Waals surface area contributed by atoms with Crippen LogP contribution in [0, 0.1) is 0 Å². The number of aryl methyl sites for hydroxylation is 1. The number of likely N-dealkylation sites (tertiary alicyclic amines) is 1. The molecule has 0 saturated carbocycles. The summed E-state index contributed by atoms with van der Waals surface area (Å²) in [6.45, 7) is 1.14. The van der Waals surface area contributed by atoms with E-state index in [1.54, 1.807) is 41.5 Å². The second-order valence-corrected chi connectivity index (χ2v) is 7.88. The predicted octanol–water partition coefficient (Wildman–Crippen LogP) is 2.18. The van der Waals surface area contributed by atoms with Gasteiger partial charge in [0.25, 0.3) is 0 Å². The lowest BCUT2D eigenvalue weighted by atomic mass is 10.1. The van der Waals surface area contributed by atoms with Crippen LogP contribution < -0.4 is 4.72 Å². The molecule has 1 aromatic heterocycles. The molecule has 0 bridgehead atoms. The van der Waals surface area contributed by atoms with Gasteiger partial charge in [-0.2, -0.15) is 0 Å². The molecule has 0 spiro atoms. The Morgan fingerprint density at radius 2 is 1.84 bits per heavy atom.